The standard InChI is InChI=1S/C19H24F2N4O2/c20-19(21)27-17-5-1-4-16(14-17)15-23-8-3-9-24(13-12-23)18(26)6-11-25-10-2-7-22-25/h1-2,4-5,7,10,14,19H,3,6,8-9,11-13,15H2. The number of amides is 1. The van der Waals surface area contributed by atoms with E-state index in [4.69, 9.17) is 0 Å². The molecule has 1 aromatic carbocycles. The zero-order valence-corrected chi connectivity index (χ0v) is 15.1. The van der Waals surface area contributed by atoms with Crippen LogP contribution in [0.1, 0.15) is 18.4 Å². The Bertz CT molecular complexity index is 724. The Kier molecular flexibility index (Phi) is 6.75. The minimum atomic E-state index is -2.82. The Hall–Kier alpha value is -2.48. The molecule has 1 saturated heterocycles. The van der Waals surface area contributed by atoms with Gasteiger partial charge in [0.25, 0.3) is 0 Å². The fourth-order valence-electron chi connectivity index (χ4n) is 3.26. The van der Waals surface area contributed by atoms with Gasteiger partial charge in [-0.1, -0.05) is 12.1 Å². The molecule has 2 aromatic rings. The van der Waals surface area contributed by atoms with Gasteiger partial charge >= 0.3 is 6.61 Å². The third-order valence-corrected chi connectivity index (χ3v) is 4.58. The fourth-order valence-corrected chi connectivity index (χ4v) is 3.26. The first-order valence-electron chi connectivity index (χ1n) is 9.11. The number of benzene rings is 1. The second-order valence-electron chi connectivity index (χ2n) is 6.56. The molecule has 1 aromatic heterocycles. The van der Waals surface area contributed by atoms with Crippen molar-refractivity contribution < 1.29 is 18.3 Å². The number of carbonyl (C=O) groups excluding carboxylic acids is 1. The number of aromatic nitrogens is 2. The van der Waals surface area contributed by atoms with Gasteiger partial charge in [0.2, 0.25) is 5.91 Å². The lowest BCUT2D eigenvalue weighted by atomic mass is 10.2. The van der Waals surface area contributed by atoms with Crippen LogP contribution in [0.15, 0.2) is 42.7 Å². The maximum absolute atomic E-state index is 12.4. The monoisotopic (exact) mass is 378 g/mol. The summed E-state index contributed by atoms with van der Waals surface area (Å²) in [4.78, 5) is 16.6. The first-order valence-corrected chi connectivity index (χ1v) is 9.11. The molecule has 0 atom stereocenters. The highest BCUT2D eigenvalue weighted by atomic mass is 19.3. The number of rotatable bonds is 7. The summed E-state index contributed by atoms with van der Waals surface area (Å²) in [6, 6.07) is 8.63. The van der Waals surface area contributed by atoms with Crippen molar-refractivity contribution in [3.05, 3.63) is 48.3 Å². The quantitative estimate of drug-likeness (QED) is 0.743. The zero-order valence-electron chi connectivity index (χ0n) is 15.1. The van der Waals surface area contributed by atoms with Gasteiger partial charge in [-0.15, -0.1) is 0 Å². The SMILES string of the molecule is O=C(CCn1cccn1)N1CCCN(Cc2cccc(OC(F)F)c2)CC1. The smallest absolute Gasteiger partial charge is 0.387 e. The van der Waals surface area contributed by atoms with Crippen molar-refractivity contribution in [2.24, 2.45) is 0 Å². The third kappa shape index (κ3) is 6.02. The second-order valence-corrected chi connectivity index (χ2v) is 6.56. The predicted octanol–water partition coefficient (Wildman–Crippen LogP) is 2.61. The molecular formula is C19H24F2N4O2. The van der Waals surface area contributed by atoms with Gasteiger partial charge in [-0.2, -0.15) is 13.9 Å². The molecule has 146 valence electrons. The lowest BCUT2D eigenvalue weighted by molar-refractivity contribution is -0.131. The first-order chi connectivity index (χ1) is 13.1. The van der Waals surface area contributed by atoms with Crippen molar-refractivity contribution in [3.8, 4) is 5.75 Å². The van der Waals surface area contributed by atoms with Gasteiger partial charge in [0.05, 0.1) is 0 Å². The Morgan fingerprint density at radius 1 is 1.19 bits per heavy atom. The molecule has 0 aliphatic carbocycles. The number of alkyl halides is 2. The van der Waals surface area contributed by atoms with Crippen LogP contribution >= 0.6 is 0 Å². The van der Waals surface area contributed by atoms with E-state index in [1.807, 2.05) is 23.2 Å². The highest BCUT2D eigenvalue weighted by Crippen LogP contribution is 2.18. The van der Waals surface area contributed by atoms with Gasteiger partial charge in [-0.25, -0.2) is 0 Å². The fraction of sp³-hybridized carbons (Fsp3) is 0.474. The molecule has 2 heterocycles. The van der Waals surface area contributed by atoms with Crippen molar-refractivity contribution in [2.45, 2.75) is 32.5 Å². The van der Waals surface area contributed by atoms with E-state index in [0.717, 1.165) is 31.6 Å². The molecule has 3 rings (SSSR count). The van der Waals surface area contributed by atoms with Crippen molar-refractivity contribution in [1.29, 1.82) is 0 Å². The summed E-state index contributed by atoms with van der Waals surface area (Å²) in [5, 5.41) is 4.12. The highest BCUT2D eigenvalue weighted by molar-refractivity contribution is 5.76. The van der Waals surface area contributed by atoms with E-state index in [0.29, 0.717) is 26.1 Å². The maximum Gasteiger partial charge on any atom is 0.387 e. The number of ether oxygens (including phenoxy) is 1. The van der Waals surface area contributed by atoms with Crippen LogP contribution in [-0.2, 0) is 17.9 Å². The number of carbonyl (C=O) groups is 1. The van der Waals surface area contributed by atoms with Gasteiger partial charge in [0.1, 0.15) is 5.75 Å². The van der Waals surface area contributed by atoms with Gasteiger partial charge in [0.15, 0.2) is 0 Å². The largest absolute Gasteiger partial charge is 0.435 e. The highest BCUT2D eigenvalue weighted by Gasteiger charge is 2.19. The molecule has 0 N–H and O–H groups in total. The van der Waals surface area contributed by atoms with Crippen LogP contribution in [0.5, 0.6) is 5.75 Å². The predicted molar refractivity (Wildman–Crippen MR) is 96.4 cm³/mol. The van der Waals surface area contributed by atoms with Crippen LogP contribution < -0.4 is 4.74 Å². The van der Waals surface area contributed by atoms with Crippen LogP contribution in [0, 0.1) is 0 Å². The van der Waals surface area contributed by atoms with Crippen LogP contribution in [0.3, 0.4) is 0 Å². The van der Waals surface area contributed by atoms with Crippen LogP contribution in [0.2, 0.25) is 0 Å². The molecule has 0 saturated carbocycles. The van der Waals surface area contributed by atoms with Gasteiger partial charge in [0, 0.05) is 58.1 Å². The van der Waals surface area contributed by atoms with Crippen molar-refractivity contribution in [3.63, 3.8) is 0 Å². The minimum Gasteiger partial charge on any atom is -0.435 e. The Balaban J connectivity index is 1.48. The molecule has 0 spiro atoms. The summed E-state index contributed by atoms with van der Waals surface area (Å²) in [5.41, 5.74) is 0.923. The second kappa shape index (κ2) is 9.45. The molecule has 1 fully saturated rings. The number of aryl methyl sites for hydroxylation is 1. The third-order valence-electron chi connectivity index (χ3n) is 4.58. The summed E-state index contributed by atoms with van der Waals surface area (Å²) in [6.45, 7) is 1.45. The minimum absolute atomic E-state index is 0.139. The summed E-state index contributed by atoms with van der Waals surface area (Å²) in [6.07, 6.45) is 4.88. The van der Waals surface area contributed by atoms with E-state index in [2.05, 4.69) is 14.7 Å². The molecule has 8 heteroatoms. The number of halogens is 2. The maximum atomic E-state index is 12.4. The van der Waals surface area contributed by atoms with Crippen LogP contribution in [0.25, 0.3) is 0 Å². The summed E-state index contributed by atoms with van der Waals surface area (Å²) in [7, 11) is 0. The number of nitrogens with zero attached hydrogens (tertiary/aromatic N) is 4. The first kappa shape index (κ1) is 19.3. The van der Waals surface area contributed by atoms with E-state index < -0.39 is 6.61 Å². The molecule has 0 radical (unpaired) electrons. The van der Waals surface area contributed by atoms with Crippen LogP contribution in [-0.4, -0.2) is 58.3 Å². The summed E-state index contributed by atoms with van der Waals surface area (Å²) < 4.78 is 30.9. The van der Waals surface area contributed by atoms with E-state index in [-0.39, 0.29) is 11.7 Å². The van der Waals surface area contributed by atoms with Crippen molar-refractivity contribution >= 4 is 5.91 Å². The molecule has 6 nitrogen and oxygen atoms in total. The van der Waals surface area contributed by atoms with Gasteiger partial charge < -0.3 is 9.64 Å². The van der Waals surface area contributed by atoms with Crippen LogP contribution in [0.4, 0.5) is 8.78 Å². The molecule has 1 aliphatic rings. The lowest BCUT2D eigenvalue weighted by Crippen LogP contribution is -2.35. The van der Waals surface area contributed by atoms with E-state index in [9.17, 15) is 13.6 Å². The molecule has 1 aliphatic heterocycles. The van der Waals surface area contributed by atoms with E-state index in [1.165, 1.54) is 6.07 Å². The van der Waals surface area contributed by atoms with Crippen molar-refractivity contribution in [2.75, 3.05) is 26.2 Å². The summed E-state index contributed by atoms with van der Waals surface area (Å²) in [5.74, 6) is 0.312. The molecule has 0 unspecified atom stereocenters. The normalized spacial score (nSPS) is 15.7. The Labute approximate surface area is 157 Å². The molecular weight excluding hydrogens is 354 g/mol. The average Bonchev–Trinajstić information content (AvgIpc) is 3.05. The topological polar surface area (TPSA) is 50.6 Å². The zero-order chi connectivity index (χ0) is 19.1. The van der Waals surface area contributed by atoms with E-state index in [1.54, 1.807) is 23.0 Å². The Morgan fingerprint density at radius 2 is 2.07 bits per heavy atom. The van der Waals surface area contributed by atoms with Crippen molar-refractivity contribution in [1.82, 2.24) is 19.6 Å². The average molecular weight is 378 g/mol. The number of hydrogen-bond donors (Lipinski definition) is 0. The summed E-state index contributed by atoms with van der Waals surface area (Å²) >= 11 is 0. The Morgan fingerprint density at radius 3 is 2.85 bits per heavy atom. The van der Waals surface area contributed by atoms with Gasteiger partial charge in [-0.05, 0) is 30.2 Å². The van der Waals surface area contributed by atoms with E-state index >= 15 is 0 Å². The molecule has 1 amide bonds. The lowest BCUT2D eigenvalue weighted by Gasteiger charge is -2.22. The molecule has 0 bridgehead atoms. The van der Waals surface area contributed by atoms with Gasteiger partial charge in [-0.3, -0.25) is 14.4 Å². The number of hydrogen-bond acceptors (Lipinski definition) is 4. The molecule has 27 heavy (non-hydrogen) atoms.